The molecule has 1 rings (SSSR count). The zero-order valence-electron chi connectivity index (χ0n) is 13.2. The summed E-state index contributed by atoms with van der Waals surface area (Å²) in [6.07, 6.45) is 11.0. The number of hydrogen-bond donors (Lipinski definition) is 0. The molecule has 18 heavy (non-hydrogen) atoms. The van der Waals surface area contributed by atoms with E-state index < -0.39 is 0 Å². The monoisotopic (exact) mass is 250 g/mol. The highest BCUT2D eigenvalue weighted by Gasteiger charge is 2.26. The van der Waals surface area contributed by atoms with E-state index >= 15 is 0 Å². The fraction of sp³-hybridized carbons (Fsp3) is 0.889. The smallest absolute Gasteiger partial charge is 0.0203 e. The number of allylic oxidation sites excluding steroid dienone is 1. The fourth-order valence-electron chi connectivity index (χ4n) is 3.62. The van der Waals surface area contributed by atoms with Gasteiger partial charge in [-0.3, -0.25) is 0 Å². The summed E-state index contributed by atoms with van der Waals surface area (Å²) in [5.74, 6) is 3.56. The van der Waals surface area contributed by atoms with E-state index in [1.807, 2.05) is 0 Å². The topological polar surface area (TPSA) is 0 Å². The van der Waals surface area contributed by atoms with E-state index in [2.05, 4.69) is 34.3 Å². The van der Waals surface area contributed by atoms with Crippen molar-refractivity contribution in [2.45, 2.75) is 79.1 Å². The molecular weight excluding hydrogens is 216 g/mol. The van der Waals surface area contributed by atoms with Gasteiger partial charge in [-0.25, -0.2) is 0 Å². The van der Waals surface area contributed by atoms with E-state index in [1.165, 1.54) is 51.4 Å². The average molecular weight is 250 g/mol. The SMILES string of the molecule is C=C(CC(CCC)CCC)C1CCC(C)C(C)C1. The lowest BCUT2D eigenvalue weighted by atomic mass is 9.72. The number of hydrogen-bond acceptors (Lipinski definition) is 0. The van der Waals surface area contributed by atoms with Crippen LogP contribution in [-0.2, 0) is 0 Å². The van der Waals surface area contributed by atoms with Gasteiger partial charge in [-0.15, -0.1) is 0 Å². The lowest BCUT2D eigenvalue weighted by molar-refractivity contribution is 0.223. The van der Waals surface area contributed by atoms with E-state index in [4.69, 9.17) is 0 Å². The first-order valence-corrected chi connectivity index (χ1v) is 8.26. The summed E-state index contributed by atoms with van der Waals surface area (Å²) in [6, 6.07) is 0. The molecule has 1 aliphatic carbocycles. The first kappa shape index (κ1) is 15.8. The summed E-state index contributed by atoms with van der Waals surface area (Å²) < 4.78 is 0. The molecule has 0 amide bonds. The van der Waals surface area contributed by atoms with Crippen LogP contribution >= 0.6 is 0 Å². The van der Waals surface area contributed by atoms with Gasteiger partial charge in [0.15, 0.2) is 0 Å². The number of rotatable bonds is 7. The van der Waals surface area contributed by atoms with Crippen LogP contribution in [0.5, 0.6) is 0 Å². The summed E-state index contributed by atoms with van der Waals surface area (Å²) in [5.41, 5.74) is 1.57. The second-order valence-electron chi connectivity index (χ2n) is 6.77. The molecule has 0 heterocycles. The van der Waals surface area contributed by atoms with E-state index in [0.717, 1.165) is 23.7 Å². The zero-order valence-corrected chi connectivity index (χ0v) is 13.2. The van der Waals surface area contributed by atoms with Crippen LogP contribution in [0.4, 0.5) is 0 Å². The third-order valence-corrected chi connectivity index (χ3v) is 5.12. The third kappa shape index (κ3) is 4.78. The van der Waals surface area contributed by atoms with Gasteiger partial charge >= 0.3 is 0 Å². The van der Waals surface area contributed by atoms with E-state index in [-0.39, 0.29) is 0 Å². The fourth-order valence-corrected chi connectivity index (χ4v) is 3.62. The predicted octanol–water partition coefficient (Wildman–Crippen LogP) is 6.22. The van der Waals surface area contributed by atoms with Crippen LogP contribution in [0.3, 0.4) is 0 Å². The largest absolute Gasteiger partial charge is 0.0996 e. The quantitative estimate of drug-likeness (QED) is 0.470. The molecule has 0 aliphatic heterocycles. The summed E-state index contributed by atoms with van der Waals surface area (Å²) >= 11 is 0. The summed E-state index contributed by atoms with van der Waals surface area (Å²) in [4.78, 5) is 0. The van der Waals surface area contributed by atoms with Crippen molar-refractivity contribution in [3.63, 3.8) is 0 Å². The first-order valence-electron chi connectivity index (χ1n) is 8.26. The van der Waals surface area contributed by atoms with Crippen molar-refractivity contribution in [1.29, 1.82) is 0 Å². The molecule has 1 saturated carbocycles. The Morgan fingerprint density at radius 1 is 1.06 bits per heavy atom. The van der Waals surface area contributed by atoms with Crippen molar-refractivity contribution in [2.75, 3.05) is 0 Å². The van der Waals surface area contributed by atoms with Gasteiger partial charge in [0, 0.05) is 0 Å². The van der Waals surface area contributed by atoms with Crippen LogP contribution in [0.1, 0.15) is 79.1 Å². The molecule has 0 aromatic rings. The Labute approximate surface area is 115 Å². The average Bonchev–Trinajstić information content (AvgIpc) is 2.33. The molecule has 0 nitrogen and oxygen atoms in total. The van der Waals surface area contributed by atoms with Crippen LogP contribution in [0.2, 0.25) is 0 Å². The molecule has 0 radical (unpaired) electrons. The maximum Gasteiger partial charge on any atom is -0.0203 e. The molecule has 0 saturated heterocycles. The van der Waals surface area contributed by atoms with Gasteiger partial charge in [0.1, 0.15) is 0 Å². The molecule has 3 atom stereocenters. The van der Waals surface area contributed by atoms with Crippen molar-refractivity contribution in [3.05, 3.63) is 12.2 Å². The Kier molecular flexibility index (Phi) is 7.04. The highest BCUT2D eigenvalue weighted by molar-refractivity contribution is 5.04. The molecule has 0 N–H and O–H groups in total. The van der Waals surface area contributed by atoms with Crippen molar-refractivity contribution < 1.29 is 0 Å². The molecule has 0 aromatic carbocycles. The van der Waals surface area contributed by atoms with Crippen molar-refractivity contribution in [1.82, 2.24) is 0 Å². The maximum absolute atomic E-state index is 4.44. The predicted molar refractivity (Wildman–Crippen MR) is 82.7 cm³/mol. The lowest BCUT2D eigenvalue weighted by Crippen LogP contribution is -2.22. The highest BCUT2D eigenvalue weighted by Crippen LogP contribution is 2.39. The van der Waals surface area contributed by atoms with Crippen molar-refractivity contribution in [3.8, 4) is 0 Å². The summed E-state index contributed by atoms with van der Waals surface area (Å²) in [6.45, 7) is 13.9. The minimum absolute atomic E-state index is 0.826. The van der Waals surface area contributed by atoms with Crippen LogP contribution < -0.4 is 0 Å². The Hall–Kier alpha value is -0.260. The summed E-state index contributed by atoms with van der Waals surface area (Å²) in [7, 11) is 0. The molecule has 0 bridgehead atoms. The molecule has 0 aromatic heterocycles. The van der Waals surface area contributed by atoms with E-state index in [9.17, 15) is 0 Å². The Balaban J connectivity index is 2.43. The van der Waals surface area contributed by atoms with Crippen LogP contribution in [0, 0.1) is 23.7 Å². The first-order chi connectivity index (χ1) is 8.58. The Morgan fingerprint density at radius 2 is 1.67 bits per heavy atom. The van der Waals surface area contributed by atoms with Crippen molar-refractivity contribution >= 4 is 0 Å². The Morgan fingerprint density at radius 3 is 2.17 bits per heavy atom. The maximum atomic E-state index is 4.44. The lowest BCUT2D eigenvalue weighted by Gasteiger charge is -2.34. The summed E-state index contributed by atoms with van der Waals surface area (Å²) in [5, 5.41) is 0. The minimum Gasteiger partial charge on any atom is -0.0996 e. The van der Waals surface area contributed by atoms with Gasteiger partial charge in [0.05, 0.1) is 0 Å². The minimum atomic E-state index is 0.826. The van der Waals surface area contributed by atoms with Gasteiger partial charge in [0.2, 0.25) is 0 Å². The molecule has 3 unspecified atom stereocenters. The van der Waals surface area contributed by atoms with E-state index in [1.54, 1.807) is 5.57 Å². The van der Waals surface area contributed by atoms with E-state index in [0.29, 0.717) is 0 Å². The molecule has 0 heteroatoms. The molecule has 1 fully saturated rings. The second kappa shape index (κ2) is 8.02. The van der Waals surface area contributed by atoms with Gasteiger partial charge in [-0.2, -0.15) is 0 Å². The van der Waals surface area contributed by atoms with Gasteiger partial charge in [-0.05, 0) is 49.4 Å². The zero-order chi connectivity index (χ0) is 13.5. The molecule has 106 valence electrons. The second-order valence-corrected chi connectivity index (χ2v) is 6.77. The van der Waals surface area contributed by atoms with Crippen LogP contribution in [-0.4, -0.2) is 0 Å². The van der Waals surface area contributed by atoms with Crippen LogP contribution in [0.15, 0.2) is 12.2 Å². The van der Waals surface area contributed by atoms with Crippen LogP contribution in [0.25, 0.3) is 0 Å². The Bertz CT molecular complexity index is 234. The van der Waals surface area contributed by atoms with Crippen molar-refractivity contribution in [2.24, 2.45) is 23.7 Å². The van der Waals surface area contributed by atoms with Gasteiger partial charge < -0.3 is 0 Å². The third-order valence-electron chi connectivity index (χ3n) is 5.12. The van der Waals surface area contributed by atoms with Gasteiger partial charge in [0.25, 0.3) is 0 Å². The standard InChI is InChI=1S/C18H34/c1-6-8-17(9-7-2)12-16(5)18-11-10-14(3)15(4)13-18/h14-15,17-18H,5-13H2,1-4H3. The molecule has 1 aliphatic rings. The molecular formula is C18H34. The van der Waals surface area contributed by atoms with Gasteiger partial charge in [-0.1, -0.05) is 65.5 Å². The highest BCUT2D eigenvalue weighted by atomic mass is 14.3. The molecule has 0 spiro atoms. The normalized spacial score (nSPS) is 28.6.